The van der Waals surface area contributed by atoms with E-state index < -0.39 is 0 Å². The van der Waals surface area contributed by atoms with Gasteiger partial charge in [0.2, 0.25) is 0 Å². The van der Waals surface area contributed by atoms with Gasteiger partial charge in [-0.2, -0.15) is 0 Å². The van der Waals surface area contributed by atoms with Crippen LogP contribution in [-0.2, 0) is 6.61 Å². The number of hydrogen-bond acceptors (Lipinski definition) is 2. The summed E-state index contributed by atoms with van der Waals surface area (Å²) in [5.41, 5.74) is 1.13. The molecule has 0 unspecified atom stereocenters. The molecule has 4 heteroatoms. The minimum Gasteiger partial charge on any atom is -0.487 e. The SMILES string of the molecule is Clc1ccc(OCc2ccc(I)cc2)cn1. The molecule has 0 bridgehead atoms. The van der Waals surface area contributed by atoms with E-state index in [2.05, 4.69) is 39.7 Å². The van der Waals surface area contributed by atoms with Crippen molar-refractivity contribution >= 4 is 34.2 Å². The quantitative estimate of drug-likeness (QED) is 0.621. The van der Waals surface area contributed by atoms with E-state index in [1.165, 1.54) is 3.57 Å². The van der Waals surface area contributed by atoms with Gasteiger partial charge >= 0.3 is 0 Å². The highest BCUT2D eigenvalue weighted by atomic mass is 127. The van der Waals surface area contributed by atoms with Crippen LogP contribution in [0.1, 0.15) is 5.56 Å². The number of nitrogens with zero attached hydrogens (tertiary/aromatic N) is 1. The normalized spacial score (nSPS) is 10.1. The number of rotatable bonds is 3. The number of benzene rings is 1. The van der Waals surface area contributed by atoms with E-state index >= 15 is 0 Å². The second kappa shape index (κ2) is 5.50. The Morgan fingerprint density at radius 1 is 1.12 bits per heavy atom. The van der Waals surface area contributed by atoms with Crippen molar-refractivity contribution in [2.24, 2.45) is 0 Å². The molecule has 1 aromatic heterocycles. The van der Waals surface area contributed by atoms with Crippen molar-refractivity contribution in [1.29, 1.82) is 0 Å². The van der Waals surface area contributed by atoms with E-state index in [9.17, 15) is 0 Å². The van der Waals surface area contributed by atoms with Crippen LogP contribution in [0.4, 0.5) is 0 Å². The zero-order valence-electron chi connectivity index (χ0n) is 8.36. The summed E-state index contributed by atoms with van der Waals surface area (Å²) in [4.78, 5) is 3.94. The molecule has 0 spiro atoms. The van der Waals surface area contributed by atoms with Gasteiger partial charge in [0, 0.05) is 3.57 Å². The van der Waals surface area contributed by atoms with Gasteiger partial charge in [0.25, 0.3) is 0 Å². The van der Waals surface area contributed by atoms with Gasteiger partial charge in [0.1, 0.15) is 17.5 Å². The summed E-state index contributed by atoms with van der Waals surface area (Å²) < 4.78 is 6.78. The lowest BCUT2D eigenvalue weighted by Crippen LogP contribution is -1.95. The molecule has 0 N–H and O–H groups in total. The lowest BCUT2D eigenvalue weighted by molar-refractivity contribution is 0.305. The van der Waals surface area contributed by atoms with Crippen LogP contribution in [-0.4, -0.2) is 4.98 Å². The van der Waals surface area contributed by atoms with Crippen molar-refractivity contribution in [3.05, 3.63) is 56.9 Å². The summed E-state index contributed by atoms with van der Waals surface area (Å²) in [5, 5.41) is 0.474. The molecule has 1 aromatic carbocycles. The van der Waals surface area contributed by atoms with Gasteiger partial charge in [-0.15, -0.1) is 0 Å². The van der Waals surface area contributed by atoms with E-state index in [-0.39, 0.29) is 0 Å². The summed E-state index contributed by atoms with van der Waals surface area (Å²) in [6.07, 6.45) is 1.62. The number of halogens is 2. The molecule has 0 saturated carbocycles. The highest BCUT2D eigenvalue weighted by molar-refractivity contribution is 14.1. The maximum Gasteiger partial charge on any atom is 0.138 e. The number of hydrogen-bond donors (Lipinski definition) is 0. The van der Waals surface area contributed by atoms with Crippen molar-refractivity contribution in [2.45, 2.75) is 6.61 Å². The number of aromatic nitrogens is 1. The molecule has 0 saturated heterocycles. The molecular weight excluding hydrogens is 336 g/mol. The van der Waals surface area contributed by atoms with E-state index in [0.29, 0.717) is 11.8 Å². The Bertz CT molecular complexity index is 410. The van der Waals surface area contributed by atoms with Crippen molar-refractivity contribution in [3.8, 4) is 5.75 Å². The maximum absolute atomic E-state index is 5.68. The van der Waals surface area contributed by atoms with Crippen molar-refractivity contribution < 1.29 is 4.74 Å². The van der Waals surface area contributed by atoms with Crippen LogP contribution < -0.4 is 4.74 Å². The van der Waals surface area contributed by atoms with Gasteiger partial charge in [0.05, 0.1) is 6.20 Å². The Kier molecular flexibility index (Phi) is 4.01. The zero-order chi connectivity index (χ0) is 11.4. The molecular formula is C12H9ClINO. The molecule has 2 aromatic rings. The molecule has 0 aliphatic heterocycles. The average molecular weight is 346 g/mol. The van der Waals surface area contributed by atoms with Crippen molar-refractivity contribution in [3.63, 3.8) is 0 Å². The highest BCUT2D eigenvalue weighted by Crippen LogP contribution is 2.14. The lowest BCUT2D eigenvalue weighted by Gasteiger charge is -2.05. The second-order valence-corrected chi connectivity index (χ2v) is 4.86. The lowest BCUT2D eigenvalue weighted by atomic mass is 10.2. The Hall–Kier alpha value is -0.810. The highest BCUT2D eigenvalue weighted by Gasteiger charge is 1.96. The maximum atomic E-state index is 5.68. The third kappa shape index (κ3) is 3.35. The number of ether oxygens (including phenoxy) is 1. The summed E-state index contributed by atoms with van der Waals surface area (Å²) in [7, 11) is 0. The first kappa shape index (κ1) is 11.7. The van der Waals surface area contributed by atoms with Crippen LogP contribution in [0.15, 0.2) is 42.6 Å². The van der Waals surface area contributed by atoms with Gasteiger partial charge in [-0.3, -0.25) is 0 Å². The first-order chi connectivity index (χ1) is 7.74. The molecule has 0 aliphatic carbocycles. The predicted octanol–water partition coefficient (Wildman–Crippen LogP) is 3.92. The van der Waals surface area contributed by atoms with Crippen LogP contribution >= 0.6 is 34.2 Å². The summed E-state index contributed by atoms with van der Waals surface area (Å²) in [5.74, 6) is 0.725. The minimum absolute atomic E-state index is 0.474. The first-order valence-electron chi connectivity index (χ1n) is 4.73. The zero-order valence-corrected chi connectivity index (χ0v) is 11.3. The molecule has 0 amide bonds. The molecule has 2 rings (SSSR count). The monoisotopic (exact) mass is 345 g/mol. The predicted molar refractivity (Wildman–Crippen MR) is 72.7 cm³/mol. The molecule has 0 fully saturated rings. The Morgan fingerprint density at radius 3 is 2.50 bits per heavy atom. The van der Waals surface area contributed by atoms with Crippen molar-refractivity contribution in [2.75, 3.05) is 0 Å². The first-order valence-corrected chi connectivity index (χ1v) is 6.18. The Labute approximate surface area is 113 Å². The second-order valence-electron chi connectivity index (χ2n) is 3.23. The van der Waals surface area contributed by atoms with Gasteiger partial charge in [-0.05, 0) is 52.4 Å². The van der Waals surface area contributed by atoms with E-state index in [1.807, 2.05) is 18.2 Å². The fraction of sp³-hybridized carbons (Fsp3) is 0.0833. The fourth-order valence-electron chi connectivity index (χ4n) is 1.19. The molecule has 0 radical (unpaired) electrons. The summed E-state index contributed by atoms with van der Waals surface area (Å²) in [6, 6.07) is 11.7. The molecule has 1 heterocycles. The molecule has 16 heavy (non-hydrogen) atoms. The minimum atomic E-state index is 0.474. The van der Waals surface area contributed by atoms with Crippen LogP contribution in [0.25, 0.3) is 0 Å². The van der Waals surface area contributed by atoms with Crippen LogP contribution in [0, 0.1) is 3.57 Å². The Balaban J connectivity index is 1.97. The molecule has 0 aliphatic rings. The summed E-state index contributed by atoms with van der Waals surface area (Å²) in [6.45, 7) is 0.542. The smallest absolute Gasteiger partial charge is 0.138 e. The van der Waals surface area contributed by atoms with E-state index in [0.717, 1.165) is 11.3 Å². The van der Waals surface area contributed by atoms with Crippen molar-refractivity contribution in [1.82, 2.24) is 4.98 Å². The molecule has 2 nitrogen and oxygen atoms in total. The standard InChI is InChI=1S/C12H9ClINO/c13-12-6-5-11(7-15-12)16-8-9-1-3-10(14)4-2-9/h1-7H,8H2. The van der Waals surface area contributed by atoms with E-state index in [4.69, 9.17) is 16.3 Å². The fourth-order valence-corrected chi connectivity index (χ4v) is 1.67. The topological polar surface area (TPSA) is 22.1 Å². The summed E-state index contributed by atoms with van der Waals surface area (Å²) >= 11 is 7.95. The van der Waals surface area contributed by atoms with Gasteiger partial charge in [-0.25, -0.2) is 4.98 Å². The third-order valence-electron chi connectivity index (χ3n) is 2.02. The van der Waals surface area contributed by atoms with Crippen LogP contribution in [0.3, 0.4) is 0 Å². The third-order valence-corrected chi connectivity index (χ3v) is 2.96. The van der Waals surface area contributed by atoms with Crippen LogP contribution in [0.2, 0.25) is 5.15 Å². The van der Waals surface area contributed by atoms with Gasteiger partial charge in [0.15, 0.2) is 0 Å². The average Bonchev–Trinajstić information content (AvgIpc) is 2.30. The van der Waals surface area contributed by atoms with E-state index in [1.54, 1.807) is 12.3 Å². The van der Waals surface area contributed by atoms with Crippen LogP contribution in [0.5, 0.6) is 5.75 Å². The molecule has 0 atom stereocenters. The molecule has 82 valence electrons. The van der Waals surface area contributed by atoms with Gasteiger partial charge < -0.3 is 4.74 Å². The Morgan fingerprint density at radius 2 is 1.88 bits per heavy atom. The number of pyridine rings is 1. The van der Waals surface area contributed by atoms with Gasteiger partial charge in [-0.1, -0.05) is 23.7 Å². The largest absolute Gasteiger partial charge is 0.487 e.